The number of halogens is 2. The number of nitrogens with zero attached hydrogens (tertiary/aromatic N) is 1. The fourth-order valence-electron chi connectivity index (χ4n) is 2.03. The van der Waals surface area contributed by atoms with Crippen LogP contribution in [0.3, 0.4) is 0 Å². The Balaban J connectivity index is 1.80. The maximum atomic E-state index is 12.1. The van der Waals surface area contributed by atoms with Crippen LogP contribution < -0.4 is 5.32 Å². The first-order valence-electron chi connectivity index (χ1n) is 7.00. The number of carboxylic acid groups (broad SMARTS) is 1. The molecule has 3 rings (SSSR count). The number of aromatic carboxylic acids is 1. The van der Waals surface area contributed by atoms with Crippen LogP contribution in [0.15, 0.2) is 52.4 Å². The molecule has 2 N–H and O–H groups in total. The van der Waals surface area contributed by atoms with E-state index in [1.165, 1.54) is 23.9 Å². The predicted molar refractivity (Wildman–Crippen MR) is 101 cm³/mol. The van der Waals surface area contributed by atoms with E-state index >= 15 is 0 Å². The second kappa shape index (κ2) is 7.31. The van der Waals surface area contributed by atoms with Crippen LogP contribution in [0.2, 0.25) is 10.0 Å². The Hall–Kier alpha value is -2.28. The van der Waals surface area contributed by atoms with Gasteiger partial charge in [0.2, 0.25) is 0 Å². The molecule has 25 heavy (non-hydrogen) atoms. The van der Waals surface area contributed by atoms with Crippen molar-refractivity contribution in [1.82, 2.24) is 5.32 Å². The largest absolute Gasteiger partial charge is 0.478 e. The summed E-state index contributed by atoms with van der Waals surface area (Å²) in [4.78, 5) is 27.7. The topological polar surface area (TPSA) is 78.8 Å². The highest BCUT2D eigenvalue weighted by Gasteiger charge is 2.23. The lowest BCUT2D eigenvalue weighted by Gasteiger charge is -1.99. The minimum atomic E-state index is -0.997. The van der Waals surface area contributed by atoms with Gasteiger partial charge in [0, 0.05) is 0 Å². The van der Waals surface area contributed by atoms with Crippen molar-refractivity contribution in [2.24, 2.45) is 4.99 Å². The molecule has 0 saturated carbocycles. The van der Waals surface area contributed by atoms with Crippen LogP contribution in [0, 0.1) is 0 Å². The summed E-state index contributed by atoms with van der Waals surface area (Å²) in [6.45, 7) is 0. The van der Waals surface area contributed by atoms with Crippen LogP contribution in [0.4, 0.5) is 5.69 Å². The highest BCUT2D eigenvalue weighted by Crippen LogP contribution is 2.30. The van der Waals surface area contributed by atoms with E-state index in [1.807, 2.05) is 0 Å². The summed E-state index contributed by atoms with van der Waals surface area (Å²) in [5.41, 5.74) is 1.48. The van der Waals surface area contributed by atoms with Gasteiger partial charge < -0.3 is 10.4 Å². The molecule has 0 radical (unpaired) electrons. The smallest absolute Gasteiger partial charge is 0.335 e. The number of hydrogen-bond donors (Lipinski definition) is 2. The number of benzene rings is 2. The lowest BCUT2D eigenvalue weighted by atomic mass is 10.1. The van der Waals surface area contributed by atoms with Crippen molar-refractivity contribution in [2.75, 3.05) is 0 Å². The van der Waals surface area contributed by atoms with Gasteiger partial charge in [-0.3, -0.25) is 4.79 Å². The van der Waals surface area contributed by atoms with Gasteiger partial charge in [-0.25, -0.2) is 9.79 Å². The van der Waals surface area contributed by atoms with E-state index in [1.54, 1.807) is 36.4 Å². The number of hydrogen-bond acceptors (Lipinski definition) is 4. The van der Waals surface area contributed by atoms with E-state index in [2.05, 4.69) is 10.3 Å². The molecule has 1 fully saturated rings. The molecule has 126 valence electrons. The zero-order chi connectivity index (χ0) is 18.0. The molecule has 5 nitrogen and oxygen atoms in total. The molecule has 1 aliphatic heterocycles. The fourth-order valence-corrected chi connectivity index (χ4v) is 3.16. The molecule has 1 saturated heterocycles. The molecular weight excluding hydrogens is 383 g/mol. The number of nitrogens with one attached hydrogen (secondary N) is 1. The number of aliphatic imine (C=N–C) groups is 1. The number of thioether (sulfide) groups is 1. The lowest BCUT2D eigenvalue weighted by molar-refractivity contribution is -0.115. The Labute approximate surface area is 157 Å². The lowest BCUT2D eigenvalue weighted by Crippen LogP contribution is -2.19. The first kappa shape index (κ1) is 17.5. The minimum Gasteiger partial charge on any atom is -0.478 e. The number of carbonyl (C=O) groups is 2. The molecule has 1 aliphatic rings. The molecular formula is C17H10Cl2N2O3S. The summed E-state index contributed by atoms with van der Waals surface area (Å²) in [5, 5.41) is 12.8. The van der Waals surface area contributed by atoms with E-state index in [9.17, 15) is 9.59 Å². The molecule has 0 aromatic heterocycles. The van der Waals surface area contributed by atoms with Crippen molar-refractivity contribution in [3.63, 3.8) is 0 Å². The van der Waals surface area contributed by atoms with Gasteiger partial charge in [0.05, 0.1) is 26.2 Å². The van der Waals surface area contributed by atoms with E-state index < -0.39 is 5.97 Å². The summed E-state index contributed by atoms with van der Waals surface area (Å²) in [6.07, 6.45) is 1.67. The summed E-state index contributed by atoms with van der Waals surface area (Å²) in [5.74, 6) is -1.27. The highest BCUT2D eigenvalue weighted by atomic mass is 35.5. The highest BCUT2D eigenvalue weighted by molar-refractivity contribution is 8.18. The van der Waals surface area contributed by atoms with Crippen LogP contribution in [-0.2, 0) is 4.79 Å². The van der Waals surface area contributed by atoms with Crippen LogP contribution in [0.5, 0.6) is 0 Å². The summed E-state index contributed by atoms with van der Waals surface area (Å²) in [7, 11) is 0. The van der Waals surface area contributed by atoms with Crippen LogP contribution in [0.1, 0.15) is 15.9 Å². The quantitative estimate of drug-likeness (QED) is 0.748. The molecule has 0 bridgehead atoms. The standard InChI is InChI=1S/C17H10Cl2N2O3S/c18-12-6-5-11(8-13(12)19)20-17-21-15(22)14(25-17)7-9-1-3-10(4-2-9)16(23)24/h1-8H,(H,23,24)(H,20,21,22). The average molecular weight is 393 g/mol. The van der Waals surface area contributed by atoms with E-state index in [4.69, 9.17) is 28.3 Å². The molecule has 2 aromatic carbocycles. The van der Waals surface area contributed by atoms with E-state index in [0.717, 1.165) is 5.56 Å². The second-order valence-corrected chi connectivity index (χ2v) is 6.85. The Morgan fingerprint density at radius 2 is 1.84 bits per heavy atom. The van der Waals surface area contributed by atoms with Gasteiger partial charge in [-0.2, -0.15) is 0 Å². The third-order valence-corrected chi connectivity index (χ3v) is 4.89. The Morgan fingerprint density at radius 1 is 1.12 bits per heavy atom. The molecule has 0 aliphatic carbocycles. The first-order chi connectivity index (χ1) is 11.9. The van der Waals surface area contributed by atoms with Gasteiger partial charge in [-0.15, -0.1) is 0 Å². The van der Waals surface area contributed by atoms with Crippen molar-refractivity contribution in [2.45, 2.75) is 0 Å². The number of amidine groups is 1. The molecule has 8 heteroatoms. The maximum Gasteiger partial charge on any atom is 0.335 e. The zero-order valence-corrected chi connectivity index (χ0v) is 14.8. The Bertz CT molecular complexity index is 924. The van der Waals surface area contributed by atoms with E-state index in [-0.39, 0.29) is 11.5 Å². The molecule has 0 unspecified atom stereocenters. The SMILES string of the molecule is O=C1NC(=Nc2ccc(Cl)c(Cl)c2)SC1=Cc1ccc(C(=O)O)cc1. The number of rotatable bonds is 3. The number of amides is 1. The van der Waals surface area contributed by atoms with Crippen molar-refractivity contribution < 1.29 is 14.7 Å². The minimum absolute atomic E-state index is 0.188. The molecule has 0 spiro atoms. The van der Waals surface area contributed by atoms with Crippen molar-refractivity contribution in [1.29, 1.82) is 0 Å². The Morgan fingerprint density at radius 3 is 2.48 bits per heavy atom. The number of carbonyl (C=O) groups excluding carboxylic acids is 1. The summed E-state index contributed by atoms with van der Waals surface area (Å²) in [6, 6.07) is 11.2. The van der Waals surface area contributed by atoms with Gasteiger partial charge in [0.15, 0.2) is 5.17 Å². The van der Waals surface area contributed by atoms with Gasteiger partial charge in [0.1, 0.15) is 0 Å². The first-order valence-corrected chi connectivity index (χ1v) is 8.57. The third-order valence-electron chi connectivity index (χ3n) is 3.24. The van der Waals surface area contributed by atoms with Crippen molar-refractivity contribution in [3.8, 4) is 0 Å². The van der Waals surface area contributed by atoms with Gasteiger partial charge in [-0.1, -0.05) is 35.3 Å². The zero-order valence-electron chi connectivity index (χ0n) is 12.5. The summed E-state index contributed by atoms with van der Waals surface area (Å²) >= 11 is 13.0. The van der Waals surface area contributed by atoms with Gasteiger partial charge >= 0.3 is 5.97 Å². The van der Waals surface area contributed by atoms with Gasteiger partial charge in [0.25, 0.3) is 5.91 Å². The summed E-state index contributed by atoms with van der Waals surface area (Å²) < 4.78 is 0. The predicted octanol–water partition coefficient (Wildman–Crippen LogP) is 4.58. The van der Waals surface area contributed by atoms with Crippen molar-refractivity contribution in [3.05, 3.63) is 68.5 Å². The maximum absolute atomic E-state index is 12.1. The monoisotopic (exact) mass is 392 g/mol. The average Bonchev–Trinajstić information content (AvgIpc) is 2.91. The molecule has 1 heterocycles. The third kappa shape index (κ3) is 4.22. The molecule has 1 amide bonds. The molecule has 2 aromatic rings. The van der Waals surface area contributed by atoms with Crippen LogP contribution in [0.25, 0.3) is 6.08 Å². The second-order valence-electron chi connectivity index (χ2n) is 5.01. The van der Waals surface area contributed by atoms with Crippen LogP contribution in [-0.4, -0.2) is 22.2 Å². The van der Waals surface area contributed by atoms with E-state index in [0.29, 0.717) is 25.8 Å². The van der Waals surface area contributed by atoms with Gasteiger partial charge in [-0.05, 0) is 53.7 Å². The number of carboxylic acids is 1. The van der Waals surface area contributed by atoms with Crippen molar-refractivity contribution >= 4 is 63.8 Å². The van der Waals surface area contributed by atoms with Crippen LogP contribution >= 0.6 is 35.0 Å². The molecule has 0 atom stereocenters. The normalized spacial score (nSPS) is 17.1. The fraction of sp³-hybridized carbons (Fsp3) is 0. The Kier molecular flexibility index (Phi) is 5.13.